The van der Waals surface area contributed by atoms with Crippen molar-refractivity contribution >= 4 is 5.91 Å². The van der Waals surface area contributed by atoms with Crippen molar-refractivity contribution in [2.45, 2.75) is 71.1 Å². The third kappa shape index (κ3) is 2.76. The summed E-state index contributed by atoms with van der Waals surface area (Å²) in [6.45, 7) is 5.07. The van der Waals surface area contributed by atoms with Crippen LogP contribution in [0.25, 0.3) is 0 Å². The molecule has 1 aromatic carbocycles. The van der Waals surface area contributed by atoms with Crippen molar-refractivity contribution < 1.29 is 9.53 Å². The molecule has 4 atom stereocenters. The number of ether oxygens (including phenoxy) is 1. The Kier molecular flexibility index (Phi) is 4.29. The molecular formula is C22H31NO2. The van der Waals surface area contributed by atoms with E-state index in [1.54, 1.807) is 0 Å². The van der Waals surface area contributed by atoms with Crippen molar-refractivity contribution in [1.82, 2.24) is 0 Å². The first kappa shape index (κ1) is 16.9. The lowest BCUT2D eigenvalue weighted by Crippen LogP contribution is -2.44. The fraction of sp³-hybridized carbons (Fsp3) is 0.682. The Bertz CT molecular complexity index is 683. The molecule has 4 rings (SSSR count). The molecule has 1 amide bonds. The molecule has 2 saturated carbocycles. The third-order valence-electron chi connectivity index (χ3n) is 7.42. The minimum absolute atomic E-state index is 0.378. The van der Waals surface area contributed by atoms with Gasteiger partial charge in [0.25, 0.3) is 5.91 Å². The van der Waals surface area contributed by atoms with Crippen LogP contribution in [0.15, 0.2) is 12.1 Å². The van der Waals surface area contributed by atoms with E-state index < -0.39 is 0 Å². The molecule has 0 aromatic heterocycles. The fourth-order valence-corrected chi connectivity index (χ4v) is 6.23. The van der Waals surface area contributed by atoms with E-state index >= 15 is 0 Å². The Balaban J connectivity index is 1.72. The summed E-state index contributed by atoms with van der Waals surface area (Å²) < 4.78 is 5.77. The van der Waals surface area contributed by atoms with Gasteiger partial charge in [-0.05, 0) is 91.9 Å². The van der Waals surface area contributed by atoms with Gasteiger partial charge in [-0.25, -0.2) is 0 Å². The van der Waals surface area contributed by atoms with Crippen LogP contribution in [0.4, 0.5) is 0 Å². The second-order valence-corrected chi connectivity index (χ2v) is 8.70. The number of nitrogens with two attached hydrogens (primary N) is 1. The molecule has 3 heteroatoms. The number of benzene rings is 1. The molecule has 0 bridgehead atoms. The van der Waals surface area contributed by atoms with Crippen molar-refractivity contribution in [1.29, 1.82) is 0 Å². The molecule has 2 fully saturated rings. The number of fused-ring (bicyclic) bond motifs is 5. The van der Waals surface area contributed by atoms with Gasteiger partial charge in [-0.1, -0.05) is 19.8 Å². The first-order chi connectivity index (χ1) is 12.0. The summed E-state index contributed by atoms with van der Waals surface area (Å²) in [5.41, 5.74) is 9.48. The highest BCUT2D eigenvalue weighted by Gasteiger charge is 2.48. The number of carbonyl (C=O) groups is 1. The van der Waals surface area contributed by atoms with E-state index in [0.29, 0.717) is 29.3 Å². The summed E-state index contributed by atoms with van der Waals surface area (Å²) in [6.07, 6.45) is 10.6. The van der Waals surface area contributed by atoms with Gasteiger partial charge in [0.1, 0.15) is 5.75 Å². The van der Waals surface area contributed by atoms with Crippen LogP contribution in [-0.2, 0) is 6.42 Å². The van der Waals surface area contributed by atoms with Gasteiger partial charge >= 0.3 is 0 Å². The van der Waals surface area contributed by atoms with Crippen molar-refractivity contribution in [2.75, 3.05) is 6.61 Å². The summed E-state index contributed by atoms with van der Waals surface area (Å²) in [6, 6.07) is 4.18. The standard InChI is InChI=1S/C22H31NO2/c1-3-25-20-13-17-14(12-18(20)21(23)24)7-8-16-15(17)9-11-22(2)10-5-4-6-19(16)22/h12-13,15-16,19H,3-11H2,1-2H3,(H2,23,24). The SMILES string of the molecule is CCOc1cc2c(cc1C(N)=O)CCC1C2CCC2(C)CCCCC12. The van der Waals surface area contributed by atoms with Crippen LogP contribution in [0, 0.1) is 17.3 Å². The predicted molar refractivity (Wildman–Crippen MR) is 100.0 cm³/mol. The second kappa shape index (κ2) is 6.34. The Labute approximate surface area is 151 Å². The monoisotopic (exact) mass is 341 g/mol. The van der Waals surface area contributed by atoms with Crippen LogP contribution in [0.2, 0.25) is 0 Å². The van der Waals surface area contributed by atoms with Gasteiger partial charge < -0.3 is 10.5 Å². The molecule has 0 spiro atoms. The molecular weight excluding hydrogens is 310 g/mol. The largest absolute Gasteiger partial charge is 0.493 e. The highest BCUT2D eigenvalue weighted by atomic mass is 16.5. The Morgan fingerprint density at radius 3 is 2.84 bits per heavy atom. The average Bonchev–Trinajstić information content (AvgIpc) is 2.60. The van der Waals surface area contributed by atoms with E-state index in [9.17, 15) is 4.79 Å². The van der Waals surface area contributed by atoms with Crippen molar-refractivity contribution in [3.05, 3.63) is 28.8 Å². The van der Waals surface area contributed by atoms with E-state index in [0.717, 1.165) is 18.3 Å². The summed E-state index contributed by atoms with van der Waals surface area (Å²) in [5, 5.41) is 0. The zero-order valence-electron chi connectivity index (χ0n) is 15.6. The molecule has 136 valence electrons. The molecule has 3 nitrogen and oxygen atoms in total. The number of rotatable bonds is 3. The number of carbonyl (C=O) groups excluding carboxylic acids is 1. The lowest BCUT2D eigenvalue weighted by atomic mass is 9.51. The lowest BCUT2D eigenvalue weighted by Gasteiger charge is -2.54. The summed E-state index contributed by atoms with van der Waals surface area (Å²) in [4.78, 5) is 11.8. The molecule has 0 heterocycles. The third-order valence-corrected chi connectivity index (χ3v) is 7.42. The minimum Gasteiger partial charge on any atom is -0.493 e. The zero-order chi connectivity index (χ0) is 17.6. The highest BCUT2D eigenvalue weighted by molar-refractivity contribution is 5.96. The van der Waals surface area contributed by atoms with Crippen LogP contribution >= 0.6 is 0 Å². The lowest BCUT2D eigenvalue weighted by molar-refractivity contribution is -0.00426. The van der Waals surface area contributed by atoms with Gasteiger partial charge in [0.05, 0.1) is 12.2 Å². The molecule has 2 N–H and O–H groups in total. The molecule has 1 aromatic rings. The molecule has 0 saturated heterocycles. The summed E-state index contributed by atoms with van der Waals surface area (Å²) in [5.74, 6) is 2.63. The molecule has 25 heavy (non-hydrogen) atoms. The van der Waals surface area contributed by atoms with Gasteiger partial charge in [-0.3, -0.25) is 4.79 Å². The maximum Gasteiger partial charge on any atom is 0.252 e. The highest BCUT2D eigenvalue weighted by Crippen LogP contribution is 2.59. The Morgan fingerprint density at radius 2 is 2.08 bits per heavy atom. The number of hydrogen-bond acceptors (Lipinski definition) is 2. The van der Waals surface area contributed by atoms with Crippen molar-refractivity contribution in [2.24, 2.45) is 23.0 Å². The maximum atomic E-state index is 11.8. The van der Waals surface area contributed by atoms with Gasteiger partial charge in [-0.2, -0.15) is 0 Å². The van der Waals surface area contributed by atoms with Gasteiger partial charge in [0.15, 0.2) is 0 Å². The molecule has 0 aliphatic heterocycles. The van der Waals surface area contributed by atoms with E-state index in [-0.39, 0.29) is 5.91 Å². The average molecular weight is 341 g/mol. The fourth-order valence-electron chi connectivity index (χ4n) is 6.23. The maximum absolute atomic E-state index is 11.8. The van der Waals surface area contributed by atoms with Gasteiger partial charge in [0.2, 0.25) is 0 Å². The molecule has 4 unspecified atom stereocenters. The van der Waals surface area contributed by atoms with Crippen LogP contribution < -0.4 is 10.5 Å². The van der Waals surface area contributed by atoms with Crippen molar-refractivity contribution in [3.63, 3.8) is 0 Å². The number of hydrogen-bond donors (Lipinski definition) is 1. The first-order valence-electron chi connectivity index (χ1n) is 10.1. The first-order valence-corrected chi connectivity index (χ1v) is 10.1. The Hall–Kier alpha value is -1.51. The van der Waals surface area contributed by atoms with Gasteiger partial charge in [-0.15, -0.1) is 0 Å². The molecule has 3 aliphatic rings. The zero-order valence-corrected chi connectivity index (χ0v) is 15.6. The van der Waals surface area contributed by atoms with Crippen LogP contribution in [0.1, 0.15) is 86.2 Å². The minimum atomic E-state index is -0.378. The predicted octanol–water partition coefficient (Wildman–Crippen LogP) is 4.82. The Morgan fingerprint density at radius 1 is 1.24 bits per heavy atom. The topological polar surface area (TPSA) is 52.3 Å². The number of amides is 1. The quantitative estimate of drug-likeness (QED) is 0.857. The molecule has 3 aliphatic carbocycles. The van der Waals surface area contributed by atoms with Crippen LogP contribution in [-0.4, -0.2) is 12.5 Å². The number of aryl methyl sites for hydroxylation is 1. The van der Waals surface area contributed by atoms with E-state index in [1.807, 2.05) is 13.0 Å². The van der Waals surface area contributed by atoms with E-state index in [4.69, 9.17) is 10.5 Å². The van der Waals surface area contributed by atoms with Crippen LogP contribution in [0.5, 0.6) is 5.75 Å². The van der Waals surface area contributed by atoms with E-state index in [1.165, 1.54) is 56.1 Å². The summed E-state index contributed by atoms with van der Waals surface area (Å²) >= 11 is 0. The van der Waals surface area contributed by atoms with Crippen molar-refractivity contribution in [3.8, 4) is 5.75 Å². The summed E-state index contributed by atoms with van der Waals surface area (Å²) in [7, 11) is 0. The van der Waals surface area contributed by atoms with E-state index in [2.05, 4.69) is 13.0 Å². The smallest absolute Gasteiger partial charge is 0.252 e. The number of primary amides is 1. The van der Waals surface area contributed by atoms with Crippen LogP contribution in [0.3, 0.4) is 0 Å². The second-order valence-electron chi connectivity index (χ2n) is 8.70. The van der Waals surface area contributed by atoms with Gasteiger partial charge in [0, 0.05) is 0 Å². The normalized spacial score (nSPS) is 33.8. The molecule has 0 radical (unpaired) electrons.